The van der Waals surface area contributed by atoms with Gasteiger partial charge in [-0.3, -0.25) is 9.48 Å². The van der Waals surface area contributed by atoms with Crippen LogP contribution in [0.4, 0.5) is 5.69 Å². The zero-order valence-corrected chi connectivity index (χ0v) is 18.5. The maximum Gasteiger partial charge on any atom is 0.272 e. The molecule has 1 saturated heterocycles. The van der Waals surface area contributed by atoms with Gasteiger partial charge in [0.05, 0.1) is 18.3 Å². The third-order valence-corrected chi connectivity index (χ3v) is 5.38. The van der Waals surface area contributed by atoms with Crippen molar-refractivity contribution in [3.63, 3.8) is 0 Å². The predicted octanol–water partition coefficient (Wildman–Crippen LogP) is 4.17. The van der Waals surface area contributed by atoms with Crippen molar-refractivity contribution in [2.45, 2.75) is 65.0 Å². The Morgan fingerprint density at radius 1 is 1.28 bits per heavy atom. The molecular formula is C23H34N4O2. The van der Waals surface area contributed by atoms with Crippen molar-refractivity contribution >= 4 is 11.6 Å². The van der Waals surface area contributed by atoms with E-state index in [1.165, 1.54) is 0 Å². The quantitative estimate of drug-likeness (QED) is 0.821. The second kappa shape index (κ2) is 8.47. The van der Waals surface area contributed by atoms with Crippen molar-refractivity contribution in [3.05, 3.63) is 41.7 Å². The molecule has 1 aliphatic rings. The van der Waals surface area contributed by atoms with Crippen LogP contribution >= 0.6 is 0 Å². The predicted molar refractivity (Wildman–Crippen MR) is 117 cm³/mol. The van der Waals surface area contributed by atoms with Crippen LogP contribution in [-0.2, 0) is 5.54 Å². The largest absolute Gasteiger partial charge is 0.495 e. The Hall–Kier alpha value is -2.50. The van der Waals surface area contributed by atoms with Gasteiger partial charge in [-0.15, -0.1) is 0 Å². The molecule has 6 nitrogen and oxygen atoms in total. The molecule has 1 atom stereocenters. The van der Waals surface area contributed by atoms with Gasteiger partial charge in [-0.1, -0.05) is 26.0 Å². The van der Waals surface area contributed by atoms with Crippen molar-refractivity contribution < 1.29 is 9.53 Å². The summed E-state index contributed by atoms with van der Waals surface area (Å²) in [5.41, 5.74) is 2.50. The molecule has 1 aliphatic heterocycles. The Bertz CT molecular complexity index is 851. The molecule has 29 heavy (non-hydrogen) atoms. The van der Waals surface area contributed by atoms with Crippen LogP contribution in [0.15, 0.2) is 30.3 Å². The van der Waals surface area contributed by atoms with Crippen molar-refractivity contribution in [1.82, 2.24) is 15.1 Å². The minimum atomic E-state index is -0.163. The lowest BCUT2D eigenvalue weighted by molar-refractivity contribution is 0.0926. The van der Waals surface area contributed by atoms with Gasteiger partial charge >= 0.3 is 0 Å². The van der Waals surface area contributed by atoms with Crippen LogP contribution in [0.25, 0.3) is 0 Å². The van der Waals surface area contributed by atoms with E-state index in [0.29, 0.717) is 11.6 Å². The Morgan fingerprint density at radius 2 is 2.00 bits per heavy atom. The highest BCUT2D eigenvalue weighted by molar-refractivity contribution is 5.92. The van der Waals surface area contributed by atoms with Gasteiger partial charge in [-0.2, -0.15) is 5.10 Å². The summed E-state index contributed by atoms with van der Waals surface area (Å²) in [5, 5.41) is 7.85. The molecule has 0 bridgehead atoms. The third-order valence-electron chi connectivity index (χ3n) is 5.38. The number of rotatable bonds is 5. The van der Waals surface area contributed by atoms with Crippen molar-refractivity contribution in [3.8, 4) is 5.75 Å². The minimum Gasteiger partial charge on any atom is -0.495 e. The number of piperidine rings is 1. The first kappa shape index (κ1) is 21.2. The molecule has 0 saturated carbocycles. The highest BCUT2D eigenvalue weighted by atomic mass is 16.5. The molecule has 0 aliphatic carbocycles. The first-order chi connectivity index (χ1) is 13.7. The highest BCUT2D eigenvalue weighted by Gasteiger charge is 2.27. The van der Waals surface area contributed by atoms with Gasteiger partial charge in [-0.05, 0) is 57.7 Å². The van der Waals surface area contributed by atoms with Crippen LogP contribution in [0.5, 0.6) is 5.75 Å². The fraction of sp³-hybridized carbons (Fsp3) is 0.565. The van der Waals surface area contributed by atoms with Crippen molar-refractivity contribution in [2.24, 2.45) is 0 Å². The summed E-state index contributed by atoms with van der Waals surface area (Å²) in [4.78, 5) is 15.3. The smallest absolute Gasteiger partial charge is 0.272 e. The van der Waals surface area contributed by atoms with Crippen LogP contribution in [-0.4, -0.2) is 41.9 Å². The first-order valence-electron chi connectivity index (χ1n) is 10.5. The summed E-state index contributed by atoms with van der Waals surface area (Å²) in [7, 11) is 1.69. The van der Waals surface area contributed by atoms with Crippen LogP contribution in [0.3, 0.4) is 0 Å². The Kier molecular flexibility index (Phi) is 6.20. The summed E-state index contributed by atoms with van der Waals surface area (Å²) in [6.07, 6.45) is 1.99. The molecule has 1 aromatic carbocycles. The van der Waals surface area contributed by atoms with Crippen LogP contribution < -0.4 is 15.0 Å². The zero-order chi connectivity index (χ0) is 21.2. The summed E-state index contributed by atoms with van der Waals surface area (Å²) in [6, 6.07) is 10.1. The fourth-order valence-corrected chi connectivity index (χ4v) is 3.92. The van der Waals surface area contributed by atoms with E-state index in [4.69, 9.17) is 4.74 Å². The lowest BCUT2D eigenvalue weighted by Crippen LogP contribution is -2.48. The van der Waals surface area contributed by atoms with E-state index in [1.807, 2.05) is 28.9 Å². The molecule has 1 amide bonds. The highest BCUT2D eigenvalue weighted by Crippen LogP contribution is 2.30. The molecule has 158 valence electrons. The Balaban J connectivity index is 1.74. The maximum atomic E-state index is 13.0. The van der Waals surface area contributed by atoms with Gasteiger partial charge in [0, 0.05) is 24.8 Å². The second-order valence-corrected chi connectivity index (χ2v) is 9.12. The van der Waals surface area contributed by atoms with Gasteiger partial charge in [0.2, 0.25) is 0 Å². The Labute approximate surface area is 174 Å². The molecule has 2 aromatic rings. The second-order valence-electron chi connectivity index (χ2n) is 9.12. The summed E-state index contributed by atoms with van der Waals surface area (Å²) in [6.45, 7) is 12.3. The summed E-state index contributed by atoms with van der Waals surface area (Å²) < 4.78 is 7.49. The first-order valence-corrected chi connectivity index (χ1v) is 10.5. The fourth-order valence-electron chi connectivity index (χ4n) is 3.92. The maximum absolute atomic E-state index is 13.0. The number of nitrogens with zero attached hydrogens (tertiary/aromatic N) is 3. The lowest BCUT2D eigenvalue weighted by Gasteiger charge is -2.35. The topological polar surface area (TPSA) is 59.4 Å². The number of benzene rings is 1. The minimum absolute atomic E-state index is 0.0865. The number of nitrogens with one attached hydrogen (secondary N) is 1. The number of methoxy groups -OCH3 is 1. The van der Waals surface area contributed by atoms with Crippen molar-refractivity contribution in [1.29, 1.82) is 0 Å². The monoisotopic (exact) mass is 398 g/mol. The average Bonchev–Trinajstić information content (AvgIpc) is 3.15. The van der Waals surface area contributed by atoms with E-state index in [-0.39, 0.29) is 17.5 Å². The van der Waals surface area contributed by atoms with E-state index < -0.39 is 0 Å². The summed E-state index contributed by atoms with van der Waals surface area (Å²) >= 11 is 0. The third kappa shape index (κ3) is 4.74. The number of anilines is 1. The lowest BCUT2D eigenvalue weighted by atomic mass is 10.0. The Morgan fingerprint density at radius 3 is 2.62 bits per heavy atom. The van der Waals surface area contributed by atoms with Crippen LogP contribution in [0, 0.1) is 0 Å². The van der Waals surface area contributed by atoms with E-state index in [0.717, 1.165) is 43.1 Å². The number of hydrogen-bond donors (Lipinski definition) is 1. The van der Waals surface area contributed by atoms with E-state index in [9.17, 15) is 4.79 Å². The van der Waals surface area contributed by atoms with Crippen LogP contribution in [0.2, 0.25) is 0 Å². The van der Waals surface area contributed by atoms with E-state index in [1.54, 1.807) is 7.11 Å². The van der Waals surface area contributed by atoms with Gasteiger partial charge in [0.15, 0.2) is 0 Å². The molecule has 1 unspecified atom stereocenters. The average molecular weight is 399 g/mol. The number of hydrogen-bond acceptors (Lipinski definition) is 4. The van der Waals surface area contributed by atoms with Crippen molar-refractivity contribution in [2.75, 3.05) is 25.1 Å². The van der Waals surface area contributed by atoms with Gasteiger partial charge < -0.3 is 15.0 Å². The van der Waals surface area contributed by atoms with Crippen LogP contribution in [0.1, 0.15) is 69.6 Å². The molecule has 6 heteroatoms. The zero-order valence-electron chi connectivity index (χ0n) is 18.5. The van der Waals surface area contributed by atoms with Gasteiger partial charge in [-0.25, -0.2) is 0 Å². The molecule has 0 radical (unpaired) electrons. The molecule has 0 spiro atoms. The number of carbonyl (C=O) groups excluding carboxylic acids is 1. The normalized spacial score (nSPS) is 17.5. The molecule has 1 fully saturated rings. The number of amides is 1. The molecule has 2 heterocycles. The van der Waals surface area contributed by atoms with E-state index in [2.05, 4.69) is 56.0 Å². The summed E-state index contributed by atoms with van der Waals surface area (Å²) in [5.74, 6) is 1.07. The standard InChI is InChI=1S/C23H34N4O2/c1-16(2)20-14-18(25-27(20)23(3,4)5)22(28)24-17-10-9-13-26(15-17)19-11-7-8-12-21(19)29-6/h7-8,11-12,14,16-17H,9-10,13,15H2,1-6H3,(H,24,28). The molecule has 1 N–H and O–H groups in total. The number of ether oxygens (including phenoxy) is 1. The van der Waals surface area contributed by atoms with E-state index >= 15 is 0 Å². The SMILES string of the molecule is COc1ccccc1N1CCCC(NC(=O)c2cc(C(C)C)n(C(C)(C)C)n2)C1. The number of para-hydroxylation sites is 2. The molecule has 3 rings (SSSR count). The number of carbonyl (C=O) groups is 1. The van der Waals surface area contributed by atoms with Gasteiger partial charge in [0.25, 0.3) is 5.91 Å². The molecule has 1 aromatic heterocycles. The molecular weight excluding hydrogens is 364 g/mol. The number of aromatic nitrogens is 2. The van der Waals surface area contributed by atoms with Gasteiger partial charge in [0.1, 0.15) is 11.4 Å².